The van der Waals surface area contributed by atoms with E-state index in [9.17, 15) is 5.11 Å². The van der Waals surface area contributed by atoms with Crippen LogP contribution in [0.2, 0.25) is 0 Å². The zero-order valence-corrected chi connectivity index (χ0v) is 13.1. The van der Waals surface area contributed by atoms with Gasteiger partial charge in [0.05, 0.1) is 13.2 Å². The van der Waals surface area contributed by atoms with Gasteiger partial charge in [0.25, 0.3) is 0 Å². The maximum absolute atomic E-state index is 10.4. The number of ether oxygens (including phenoxy) is 1. The molecule has 110 valence electrons. The van der Waals surface area contributed by atoms with Gasteiger partial charge in [-0.25, -0.2) is 0 Å². The van der Waals surface area contributed by atoms with Crippen LogP contribution in [0.1, 0.15) is 51.2 Å². The molecule has 0 aromatic heterocycles. The second-order valence-electron chi connectivity index (χ2n) is 7.41. The first-order valence-electron chi connectivity index (χ1n) is 7.75. The van der Waals surface area contributed by atoms with Crippen LogP contribution in [0.25, 0.3) is 0 Å². The van der Waals surface area contributed by atoms with Crippen LogP contribution >= 0.6 is 0 Å². The highest BCUT2D eigenvalue weighted by molar-refractivity contribution is 5.43. The highest BCUT2D eigenvalue weighted by Gasteiger charge is 2.53. The van der Waals surface area contributed by atoms with Crippen molar-refractivity contribution in [3.63, 3.8) is 0 Å². The smallest absolute Gasteiger partial charge is 0.119 e. The summed E-state index contributed by atoms with van der Waals surface area (Å²) in [5, 5.41) is 10.4. The number of aliphatic hydroxyl groups is 1. The monoisotopic (exact) mass is 274 g/mol. The van der Waals surface area contributed by atoms with Gasteiger partial charge in [0.15, 0.2) is 0 Å². The Labute approximate surface area is 122 Å². The molecule has 0 spiro atoms. The first-order valence-corrected chi connectivity index (χ1v) is 7.75. The zero-order chi connectivity index (χ0) is 14.5. The zero-order valence-electron chi connectivity index (χ0n) is 13.1. The molecule has 0 aliphatic heterocycles. The molecule has 1 saturated carbocycles. The van der Waals surface area contributed by atoms with Gasteiger partial charge in [0, 0.05) is 0 Å². The number of rotatable bonds is 1. The fourth-order valence-corrected chi connectivity index (χ4v) is 4.78. The van der Waals surface area contributed by atoms with E-state index in [2.05, 4.69) is 39.0 Å². The molecule has 0 bridgehead atoms. The van der Waals surface area contributed by atoms with Gasteiger partial charge in [-0.15, -0.1) is 0 Å². The van der Waals surface area contributed by atoms with E-state index in [0.717, 1.165) is 25.0 Å². The highest BCUT2D eigenvalue weighted by atomic mass is 16.5. The molecule has 1 aromatic carbocycles. The molecule has 0 saturated heterocycles. The Kier molecular flexibility index (Phi) is 3.13. The summed E-state index contributed by atoms with van der Waals surface area (Å²) in [5.74, 6) is 1.49. The largest absolute Gasteiger partial charge is 0.497 e. The number of benzene rings is 1. The average Bonchev–Trinajstić information content (AvgIpc) is 2.43. The minimum atomic E-state index is -0.173. The van der Waals surface area contributed by atoms with Gasteiger partial charge < -0.3 is 9.84 Å². The predicted octanol–water partition coefficient (Wildman–Crippen LogP) is 3.70. The summed E-state index contributed by atoms with van der Waals surface area (Å²) in [5.41, 5.74) is 3.09. The second kappa shape index (κ2) is 4.49. The minimum Gasteiger partial charge on any atom is -0.497 e. The van der Waals surface area contributed by atoms with Crippen molar-refractivity contribution in [3.8, 4) is 5.75 Å². The molecular formula is C18H26O2. The van der Waals surface area contributed by atoms with Crippen molar-refractivity contribution in [2.75, 3.05) is 7.11 Å². The van der Waals surface area contributed by atoms with Gasteiger partial charge in [-0.05, 0) is 65.7 Å². The third-order valence-electron chi connectivity index (χ3n) is 6.10. The third kappa shape index (κ3) is 1.81. The average molecular weight is 274 g/mol. The molecule has 2 heteroatoms. The topological polar surface area (TPSA) is 29.5 Å². The summed E-state index contributed by atoms with van der Waals surface area (Å²) in [7, 11) is 1.74. The first kappa shape index (κ1) is 13.9. The number of fused-ring (bicyclic) bond motifs is 3. The maximum Gasteiger partial charge on any atom is 0.119 e. The highest BCUT2D eigenvalue weighted by Crippen LogP contribution is 2.57. The Morgan fingerprint density at radius 1 is 1.20 bits per heavy atom. The number of aryl methyl sites for hydroxylation is 1. The summed E-state index contributed by atoms with van der Waals surface area (Å²) in [6.45, 7) is 6.87. The molecule has 2 nitrogen and oxygen atoms in total. The van der Waals surface area contributed by atoms with E-state index in [1.165, 1.54) is 17.5 Å². The molecule has 2 aliphatic carbocycles. The van der Waals surface area contributed by atoms with E-state index < -0.39 is 0 Å². The lowest BCUT2D eigenvalue weighted by atomic mass is 9.49. The number of methoxy groups -OCH3 is 1. The van der Waals surface area contributed by atoms with Crippen LogP contribution in [0.5, 0.6) is 5.75 Å². The van der Waals surface area contributed by atoms with Crippen LogP contribution < -0.4 is 4.74 Å². The van der Waals surface area contributed by atoms with Crippen LogP contribution in [-0.4, -0.2) is 18.3 Å². The van der Waals surface area contributed by atoms with E-state index in [1.807, 2.05) is 0 Å². The van der Waals surface area contributed by atoms with E-state index >= 15 is 0 Å². The normalized spacial score (nSPS) is 35.0. The second-order valence-corrected chi connectivity index (χ2v) is 7.41. The lowest BCUT2D eigenvalue weighted by molar-refractivity contribution is -0.0731. The first-order chi connectivity index (χ1) is 9.39. The Morgan fingerprint density at radius 3 is 2.65 bits per heavy atom. The molecule has 0 amide bonds. The summed E-state index contributed by atoms with van der Waals surface area (Å²) in [6.07, 6.45) is 4.10. The fraction of sp³-hybridized carbons (Fsp3) is 0.667. The summed E-state index contributed by atoms with van der Waals surface area (Å²) >= 11 is 0. The lowest BCUT2D eigenvalue weighted by Crippen LogP contribution is -2.53. The summed E-state index contributed by atoms with van der Waals surface area (Å²) < 4.78 is 5.43. The molecule has 3 atom stereocenters. The molecule has 2 aliphatic rings. The third-order valence-corrected chi connectivity index (χ3v) is 6.10. The predicted molar refractivity (Wildman–Crippen MR) is 81.2 cm³/mol. The Morgan fingerprint density at radius 2 is 1.95 bits per heavy atom. The molecule has 3 rings (SSSR count). The van der Waals surface area contributed by atoms with Crippen molar-refractivity contribution in [1.82, 2.24) is 0 Å². The standard InChI is InChI=1S/C18H26O2/c1-17(2)15-8-6-12-5-7-13(20-4)11-14(12)18(15,3)10-9-16(17)19/h5,7,11,15-16,19H,6,8-10H2,1-4H3/t15?,16-,18+/m0/s1. The van der Waals surface area contributed by atoms with Crippen molar-refractivity contribution in [2.24, 2.45) is 11.3 Å². The molecule has 20 heavy (non-hydrogen) atoms. The number of aliphatic hydroxyl groups excluding tert-OH is 1. The number of hydrogen-bond donors (Lipinski definition) is 1. The van der Waals surface area contributed by atoms with E-state index in [0.29, 0.717) is 5.92 Å². The number of hydrogen-bond acceptors (Lipinski definition) is 2. The molecule has 1 fully saturated rings. The van der Waals surface area contributed by atoms with E-state index in [-0.39, 0.29) is 16.9 Å². The Bertz CT molecular complexity index is 520. The molecule has 1 aromatic rings. The Hall–Kier alpha value is -1.02. The van der Waals surface area contributed by atoms with Gasteiger partial charge >= 0.3 is 0 Å². The lowest BCUT2D eigenvalue weighted by Gasteiger charge is -2.56. The van der Waals surface area contributed by atoms with Crippen LogP contribution in [0.4, 0.5) is 0 Å². The molecule has 1 N–H and O–H groups in total. The summed E-state index contributed by atoms with van der Waals surface area (Å²) in [4.78, 5) is 0. The molecular weight excluding hydrogens is 248 g/mol. The Balaban J connectivity index is 2.10. The van der Waals surface area contributed by atoms with Gasteiger partial charge in [0.1, 0.15) is 5.75 Å². The van der Waals surface area contributed by atoms with Crippen molar-refractivity contribution in [3.05, 3.63) is 29.3 Å². The van der Waals surface area contributed by atoms with Crippen LogP contribution in [0.15, 0.2) is 18.2 Å². The van der Waals surface area contributed by atoms with Crippen molar-refractivity contribution in [2.45, 2.75) is 58.0 Å². The molecule has 0 heterocycles. The van der Waals surface area contributed by atoms with Crippen LogP contribution in [0, 0.1) is 11.3 Å². The minimum absolute atomic E-state index is 0.00618. The van der Waals surface area contributed by atoms with E-state index in [4.69, 9.17) is 4.74 Å². The summed E-state index contributed by atoms with van der Waals surface area (Å²) in [6, 6.07) is 6.54. The van der Waals surface area contributed by atoms with Gasteiger partial charge in [-0.3, -0.25) is 0 Å². The van der Waals surface area contributed by atoms with Gasteiger partial charge in [0.2, 0.25) is 0 Å². The maximum atomic E-state index is 10.4. The van der Waals surface area contributed by atoms with Crippen molar-refractivity contribution in [1.29, 1.82) is 0 Å². The van der Waals surface area contributed by atoms with E-state index in [1.54, 1.807) is 7.11 Å². The van der Waals surface area contributed by atoms with Crippen LogP contribution in [0.3, 0.4) is 0 Å². The van der Waals surface area contributed by atoms with Crippen molar-refractivity contribution >= 4 is 0 Å². The quantitative estimate of drug-likeness (QED) is 0.846. The van der Waals surface area contributed by atoms with Gasteiger partial charge in [-0.1, -0.05) is 26.8 Å². The fourth-order valence-electron chi connectivity index (χ4n) is 4.78. The SMILES string of the molecule is COc1ccc2c(c1)[C@@]1(C)CC[C@H](O)C(C)(C)C1CC2. The van der Waals surface area contributed by atoms with Crippen molar-refractivity contribution < 1.29 is 9.84 Å². The van der Waals surface area contributed by atoms with Crippen LogP contribution in [-0.2, 0) is 11.8 Å². The molecule has 1 unspecified atom stereocenters. The van der Waals surface area contributed by atoms with Gasteiger partial charge in [-0.2, -0.15) is 0 Å². The molecule has 0 radical (unpaired) electrons.